The van der Waals surface area contributed by atoms with Crippen LogP contribution in [-0.2, 0) is 0 Å². The van der Waals surface area contributed by atoms with Gasteiger partial charge in [0.05, 0.1) is 5.52 Å². The number of hydrogen-bond acceptors (Lipinski definition) is 1. The number of H-pyrrole nitrogens is 1. The van der Waals surface area contributed by atoms with E-state index >= 15 is 0 Å². The molecule has 0 unspecified atom stereocenters. The summed E-state index contributed by atoms with van der Waals surface area (Å²) in [6.07, 6.45) is 0. The van der Waals surface area contributed by atoms with Gasteiger partial charge in [0.2, 0.25) is 0 Å². The number of nitrogens with one attached hydrogen (secondary N) is 1. The standard InChI is InChI=1S/C17H20N2O/c1-10(2)15-16(11(3)4)18-14-9-12-7-5-6-8-13(12)19(14)17(15)20/h5-11,18H,1-4H3. The van der Waals surface area contributed by atoms with Crippen LogP contribution in [0.25, 0.3) is 16.6 Å². The quantitative estimate of drug-likeness (QED) is 0.748. The molecule has 1 N–H and O–H groups in total. The molecule has 3 rings (SSSR count). The Kier molecular flexibility index (Phi) is 2.93. The van der Waals surface area contributed by atoms with Gasteiger partial charge in [0.1, 0.15) is 5.65 Å². The average Bonchev–Trinajstić information content (AvgIpc) is 2.76. The van der Waals surface area contributed by atoms with Crippen LogP contribution in [0.15, 0.2) is 35.1 Å². The molecular formula is C17H20N2O. The second kappa shape index (κ2) is 4.51. The van der Waals surface area contributed by atoms with E-state index in [0.29, 0.717) is 5.92 Å². The smallest absolute Gasteiger partial charge is 0.261 e. The molecule has 0 spiro atoms. The molecular weight excluding hydrogens is 248 g/mol. The van der Waals surface area contributed by atoms with Gasteiger partial charge in [0, 0.05) is 16.6 Å². The number of aromatic amines is 1. The van der Waals surface area contributed by atoms with Crippen LogP contribution in [-0.4, -0.2) is 9.38 Å². The average molecular weight is 268 g/mol. The van der Waals surface area contributed by atoms with E-state index in [4.69, 9.17) is 0 Å². The molecule has 3 aromatic rings. The first-order valence-corrected chi connectivity index (χ1v) is 7.17. The number of aromatic nitrogens is 2. The summed E-state index contributed by atoms with van der Waals surface area (Å²) >= 11 is 0. The molecule has 0 aliphatic heterocycles. The van der Waals surface area contributed by atoms with Crippen molar-refractivity contribution in [1.82, 2.24) is 9.38 Å². The topological polar surface area (TPSA) is 37.3 Å². The fourth-order valence-electron chi connectivity index (χ4n) is 2.92. The molecule has 0 saturated carbocycles. The van der Waals surface area contributed by atoms with Gasteiger partial charge in [-0.1, -0.05) is 45.9 Å². The lowest BCUT2D eigenvalue weighted by molar-refractivity contribution is 0.739. The predicted octanol–water partition coefficient (Wildman–Crippen LogP) is 4.03. The molecule has 0 bridgehead atoms. The summed E-state index contributed by atoms with van der Waals surface area (Å²) in [5, 5.41) is 1.09. The van der Waals surface area contributed by atoms with Crippen molar-refractivity contribution in [3.63, 3.8) is 0 Å². The van der Waals surface area contributed by atoms with Crippen LogP contribution in [0.1, 0.15) is 50.8 Å². The fraction of sp³-hybridized carbons (Fsp3) is 0.353. The first kappa shape index (κ1) is 13.0. The first-order chi connectivity index (χ1) is 9.50. The predicted molar refractivity (Wildman–Crippen MR) is 83.7 cm³/mol. The first-order valence-electron chi connectivity index (χ1n) is 7.17. The molecule has 3 heteroatoms. The minimum atomic E-state index is 0.110. The molecule has 0 fully saturated rings. The van der Waals surface area contributed by atoms with E-state index in [1.54, 1.807) is 4.40 Å². The highest BCUT2D eigenvalue weighted by Gasteiger charge is 2.18. The van der Waals surface area contributed by atoms with E-state index in [1.807, 2.05) is 30.3 Å². The molecule has 2 heterocycles. The summed E-state index contributed by atoms with van der Waals surface area (Å²) in [5.74, 6) is 0.518. The maximum atomic E-state index is 12.9. The molecule has 2 aromatic heterocycles. The summed E-state index contributed by atoms with van der Waals surface area (Å²) in [5.41, 5.74) is 3.91. The Bertz CT molecular complexity index is 837. The van der Waals surface area contributed by atoms with Crippen molar-refractivity contribution < 1.29 is 0 Å². The van der Waals surface area contributed by atoms with Crippen molar-refractivity contribution in [3.8, 4) is 0 Å². The Morgan fingerprint density at radius 3 is 2.40 bits per heavy atom. The van der Waals surface area contributed by atoms with Gasteiger partial charge in [0.25, 0.3) is 5.56 Å². The van der Waals surface area contributed by atoms with Crippen LogP contribution in [0.5, 0.6) is 0 Å². The summed E-state index contributed by atoms with van der Waals surface area (Å²) in [7, 11) is 0. The normalized spacial score (nSPS) is 12.1. The number of hydrogen-bond donors (Lipinski definition) is 1. The van der Waals surface area contributed by atoms with E-state index in [0.717, 1.165) is 27.8 Å². The number of rotatable bonds is 2. The van der Waals surface area contributed by atoms with Crippen LogP contribution in [0.3, 0.4) is 0 Å². The van der Waals surface area contributed by atoms with E-state index in [-0.39, 0.29) is 11.5 Å². The van der Waals surface area contributed by atoms with E-state index in [2.05, 4.69) is 32.7 Å². The Morgan fingerprint density at radius 2 is 1.75 bits per heavy atom. The van der Waals surface area contributed by atoms with E-state index < -0.39 is 0 Å². The highest BCUT2D eigenvalue weighted by atomic mass is 16.1. The minimum absolute atomic E-state index is 0.110. The maximum Gasteiger partial charge on any atom is 0.261 e. The molecule has 3 nitrogen and oxygen atoms in total. The van der Waals surface area contributed by atoms with Gasteiger partial charge in [0.15, 0.2) is 0 Å². The third-order valence-corrected chi connectivity index (χ3v) is 3.85. The van der Waals surface area contributed by atoms with Crippen molar-refractivity contribution in [2.24, 2.45) is 0 Å². The third kappa shape index (κ3) is 1.77. The monoisotopic (exact) mass is 268 g/mol. The van der Waals surface area contributed by atoms with Gasteiger partial charge in [-0.25, -0.2) is 0 Å². The third-order valence-electron chi connectivity index (χ3n) is 3.85. The van der Waals surface area contributed by atoms with Gasteiger partial charge in [-0.05, 0) is 24.0 Å². The van der Waals surface area contributed by atoms with Crippen LogP contribution in [0, 0.1) is 0 Å². The lowest BCUT2D eigenvalue weighted by Crippen LogP contribution is -2.23. The molecule has 0 saturated heterocycles. The largest absolute Gasteiger partial charge is 0.344 e. The van der Waals surface area contributed by atoms with Crippen LogP contribution < -0.4 is 5.56 Å². The summed E-state index contributed by atoms with van der Waals surface area (Å²) in [4.78, 5) is 16.4. The SMILES string of the molecule is CC(C)c1[nH]c2cc3ccccc3n2c(=O)c1C(C)C. The molecule has 20 heavy (non-hydrogen) atoms. The molecule has 0 atom stereocenters. The number of benzene rings is 1. The second-order valence-electron chi connectivity index (χ2n) is 5.99. The van der Waals surface area contributed by atoms with Gasteiger partial charge in [-0.2, -0.15) is 0 Å². The van der Waals surface area contributed by atoms with Crippen LogP contribution >= 0.6 is 0 Å². The summed E-state index contributed by atoms with van der Waals surface area (Å²) < 4.78 is 1.80. The van der Waals surface area contributed by atoms with Crippen LogP contribution in [0.4, 0.5) is 0 Å². The van der Waals surface area contributed by atoms with Gasteiger partial charge >= 0.3 is 0 Å². The van der Waals surface area contributed by atoms with Gasteiger partial charge in [-0.15, -0.1) is 0 Å². The molecule has 0 aliphatic rings. The zero-order valence-electron chi connectivity index (χ0n) is 12.4. The number of para-hydroxylation sites is 1. The zero-order valence-corrected chi connectivity index (χ0v) is 12.4. The van der Waals surface area contributed by atoms with Crippen molar-refractivity contribution >= 4 is 16.6 Å². The van der Waals surface area contributed by atoms with Crippen molar-refractivity contribution in [3.05, 3.63) is 51.9 Å². The molecule has 0 amide bonds. The lowest BCUT2D eigenvalue weighted by Gasteiger charge is -2.16. The second-order valence-corrected chi connectivity index (χ2v) is 5.99. The molecule has 104 valence electrons. The Balaban J connectivity index is 2.53. The summed E-state index contributed by atoms with van der Waals surface area (Å²) in [6.45, 7) is 8.40. The molecule has 1 aromatic carbocycles. The van der Waals surface area contributed by atoms with Gasteiger partial charge in [-0.3, -0.25) is 9.20 Å². The maximum absolute atomic E-state index is 12.9. The van der Waals surface area contributed by atoms with Crippen molar-refractivity contribution in [2.45, 2.75) is 39.5 Å². The molecule has 0 aliphatic carbocycles. The lowest BCUT2D eigenvalue weighted by atomic mass is 9.96. The number of nitrogens with zero attached hydrogens (tertiary/aromatic N) is 1. The summed E-state index contributed by atoms with van der Waals surface area (Å²) in [6, 6.07) is 10.1. The minimum Gasteiger partial charge on any atom is -0.344 e. The highest BCUT2D eigenvalue weighted by Crippen LogP contribution is 2.24. The Hall–Kier alpha value is -2.03. The number of fused-ring (bicyclic) bond motifs is 3. The van der Waals surface area contributed by atoms with Gasteiger partial charge < -0.3 is 4.98 Å². The molecule has 0 radical (unpaired) electrons. The van der Waals surface area contributed by atoms with Crippen molar-refractivity contribution in [2.75, 3.05) is 0 Å². The van der Waals surface area contributed by atoms with Crippen molar-refractivity contribution in [1.29, 1.82) is 0 Å². The zero-order chi connectivity index (χ0) is 14.4. The van der Waals surface area contributed by atoms with Crippen LogP contribution in [0.2, 0.25) is 0 Å². The Labute approximate surface area is 118 Å². The Morgan fingerprint density at radius 1 is 1.05 bits per heavy atom. The fourth-order valence-corrected chi connectivity index (χ4v) is 2.92. The van der Waals surface area contributed by atoms with E-state index in [9.17, 15) is 4.79 Å². The highest BCUT2D eigenvalue weighted by molar-refractivity contribution is 5.86. The van der Waals surface area contributed by atoms with E-state index in [1.165, 1.54) is 0 Å².